The van der Waals surface area contributed by atoms with Crippen LogP contribution in [0.3, 0.4) is 0 Å². The summed E-state index contributed by atoms with van der Waals surface area (Å²) in [5.41, 5.74) is 11.9. The molecule has 1 saturated heterocycles. The van der Waals surface area contributed by atoms with Crippen LogP contribution in [0, 0.1) is 0 Å². The van der Waals surface area contributed by atoms with Crippen LogP contribution < -0.4 is 48.7 Å². The third kappa shape index (κ3) is 15.4. The van der Waals surface area contributed by atoms with Crippen molar-refractivity contribution in [3.63, 3.8) is 0 Å². The van der Waals surface area contributed by atoms with Gasteiger partial charge in [0.05, 0.1) is 32.0 Å². The van der Waals surface area contributed by atoms with Gasteiger partial charge in [-0.05, 0) is 38.2 Å². The lowest BCUT2D eigenvalue weighted by Gasteiger charge is -2.28. The van der Waals surface area contributed by atoms with Crippen molar-refractivity contribution >= 4 is 41.4 Å². The third-order valence-electron chi connectivity index (χ3n) is 8.35. The molecule has 1 unspecified atom stereocenters. The van der Waals surface area contributed by atoms with E-state index in [2.05, 4.69) is 37.2 Å². The zero-order valence-electron chi connectivity index (χ0n) is 29.6. The van der Waals surface area contributed by atoms with Crippen LogP contribution in [0.5, 0.6) is 0 Å². The smallest absolute Gasteiger partial charge is 0.245 e. The van der Waals surface area contributed by atoms with E-state index in [1.165, 1.54) is 6.92 Å². The Morgan fingerprint density at radius 3 is 2.19 bits per heavy atom. The molecule has 53 heavy (non-hydrogen) atoms. The Kier molecular flexibility index (Phi) is 19.3. The van der Waals surface area contributed by atoms with Crippen LogP contribution in [-0.2, 0) is 40.0 Å². The summed E-state index contributed by atoms with van der Waals surface area (Å²) in [5, 5.41) is 56.9. The van der Waals surface area contributed by atoms with Crippen molar-refractivity contribution in [3.05, 3.63) is 35.9 Å². The number of benzene rings is 1. The summed E-state index contributed by atoms with van der Waals surface area (Å²) in [5.74, 6) is -6.04. The highest BCUT2D eigenvalue weighted by atomic mass is 16.3. The van der Waals surface area contributed by atoms with Crippen molar-refractivity contribution in [1.29, 1.82) is 0 Å². The maximum Gasteiger partial charge on any atom is 0.245 e. The maximum absolute atomic E-state index is 13.4. The van der Waals surface area contributed by atoms with E-state index in [1.54, 1.807) is 30.3 Å². The minimum Gasteiger partial charge on any atom is -0.395 e. The molecule has 7 amide bonds. The predicted molar refractivity (Wildman–Crippen MR) is 188 cm³/mol. The fourth-order valence-corrected chi connectivity index (χ4v) is 5.22. The van der Waals surface area contributed by atoms with Gasteiger partial charge in [-0.1, -0.05) is 30.3 Å². The highest BCUT2D eigenvalue weighted by molar-refractivity contribution is 5.97. The second-order valence-corrected chi connectivity index (χ2v) is 12.7. The lowest BCUT2D eigenvalue weighted by atomic mass is 10.0. The number of primary amides is 1. The first-order valence-corrected chi connectivity index (χ1v) is 17.3. The first-order chi connectivity index (χ1) is 25.2. The summed E-state index contributed by atoms with van der Waals surface area (Å²) in [6, 6.07) is -0.597. The van der Waals surface area contributed by atoms with E-state index in [0.29, 0.717) is 12.0 Å². The van der Waals surface area contributed by atoms with Crippen molar-refractivity contribution in [2.45, 2.75) is 93.8 Å². The number of hydrogen-bond donors (Lipinski definition) is 13. The largest absolute Gasteiger partial charge is 0.395 e. The van der Waals surface area contributed by atoms with E-state index >= 15 is 0 Å². The molecule has 0 radical (unpaired) electrons. The molecule has 0 aromatic heterocycles. The summed E-state index contributed by atoms with van der Waals surface area (Å²) in [7, 11) is 0. The van der Waals surface area contributed by atoms with E-state index in [4.69, 9.17) is 11.5 Å². The van der Waals surface area contributed by atoms with Crippen LogP contribution in [0.25, 0.3) is 0 Å². The van der Waals surface area contributed by atoms with Crippen LogP contribution in [-0.4, -0.2) is 143 Å². The molecule has 1 aromatic carbocycles. The average molecular weight is 752 g/mol. The Labute approximate surface area is 306 Å². The zero-order chi connectivity index (χ0) is 39.5. The third-order valence-corrected chi connectivity index (χ3v) is 8.35. The quantitative estimate of drug-likeness (QED) is 0.0843. The van der Waals surface area contributed by atoms with E-state index in [9.17, 15) is 54.0 Å². The van der Waals surface area contributed by atoms with Gasteiger partial charge in [-0.3, -0.25) is 33.6 Å². The SMILES string of the molecule is CC(O)[C@@H]1NC(=O)[C@@H](NC[C@@H](N)CO)CCC(=O)NCCCC[C@@H](C(=O)N[C@@H](CO)C(=O)N[C@@H](Cc2ccccc2)C(N)=O)NC(=O)[C@H](CO)NC1=O. The Balaban J connectivity index is 2.26. The van der Waals surface area contributed by atoms with Gasteiger partial charge in [0.25, 0.3) is 0 Å². The summed E-state index contributed by atoms with van der Waals surface area (Å²) < 4.78 is 0. The molecule has 1 aliphatic heterocycles. The highest BCUT2D eigenvalue weighted by Crippen LogP contribution is 2.07. The number of aliphatic hydroxyl groups excluding tert-OH is 4. The minimum absolute atomic E-state index is 0.0187. The Bertz CT molecular complexity index is 1390. The summed E-state index contributed by atoms with van der Waals surface area (Å²) in [6.07, 6.45) is -1.16. The molecule has 20 nitrogen and oxygen atoms in total. The molecule has 20 heteroatoms. The number of nitrogens with two attached hydrogens (primary N) is 2. The molecule has 296 valence electrons. The molecule has 15 N–H and O–H groups in total. The molecule has 1 heterocycles. The number of nitrogens with one attached hydrogen (secondary N) is 7. The molecule has 1 aromatic rings. The van der Waals surface area contributed by atoms with Crippen molar-refractivity contribution in [1.82, 2.24) is 37.2 Å². The molecule has 2 rings (SSSR count). The van der Waals surface area contributed by atoms with Crippen LogP contribution >= 0.6 is 0 Å². The molecule has 0 saturated carbocycles. The molecule has 8 atom stereocenters. The summed E-state index contributed by atoms with van der Waals surface area (Å²) in [4.78, 5) is 90.9. The van der Waals surface area contributed by atoms with Gasteiger partial charge in [0.15, 0.2) is 0 Å². The van der Waals surface area contributed by atoms with Gasteiger partial charge >= 0.3 is 0 Å². The van der Waals surface area contributed by atoms with Crippen molar-refractivity contribution < 1.29 is 54.0 Å². The average Bonchev–Trinajstić information content (AvgIpc) is 3.13. The van der Waals surface area contributed by atoms with Crippen molar-refractivity contribution in [3.8, 4) is 0 Å². The van der Waals surface area contributed by atoms with E-state index in [1.807, 2.05) is 0 Å². The van der Waals surface area contributed by atoms with Crippen LogP contribution in [0.2, 0.25) is 0 Å². The van der Waals surface area contributed by atoms with Crippen LogP contribution in [0.1, 0.15) is 44.6 Å². The lowest BCUT2D eigenvalue weighted by molar-refractivity contribution is -0.137. The Morgan fingerprint density at radius 2 is 1.58 bits per heavy atom. The molecular weight excluding hydrogens is 698 g/mol. The first kappa shape index (κ1) is 44.4. The van der Waals surface area contributed by atoms with Crippen LogP contribution in [0.15, 0.2) is 30.3 Å². The monoisotopic (exact) mass is 751 g/mol. The molecule has 1 aliphatic rings. The van der Waals surface area contributed by atoms with E-state index in [-0.39, 0.29) is 45.2 Å². The lowest BCUT2D eigenvalue weighted by Crippen LogP contribution is -2.62. The van der Waals surface area contributed by atoms with E-state index in [0.717, 1.165) is 0 Å². The second kappa shape index (κ2) is 23.0. The number of amides is 7. The molecule has 0 bridgehead atoms. The summed E-state index contributed by atoms with van der Waals surface area (Å²) in [6.45, 7) is -0.916. The standard InChI is InChI=1S/C33H53N9O11/c1-18(46)27-33(53)41-25(17-45)31(51)38-22(9-5-6-12-36-26(47)11-10-21(29(49)42-27)37-14-20(34)15-43)30(50)40-24(16-44)32(52)39-23(28(35)48)13-19-7-3-2-4-8-19/h2-4,7-8,18,20-25,27,37,43-46H,5-6,9-17,34H2,1H3,(H2,35,48)(H,36,47)(H,38,51)(H,39,52)(H,40,50)(H,41,53)(H,42,49)/t18?,20-,21+,22+,23+,24+,25+,27+/m1/s1. The van der Waals surface area contributed by atoms with E-state index < -0.39 is 110 Å². The predicted octanol–water partition coefficient (Wildman–Crippen LogP) is -6.14. The summed E-state index contributed by atoms with van der Waals surface area (Å²) >= 11 is 0. The van der Waals surface area contributed by atoms with Gasteiger partial charge in [-0.25, -0.2) is 0 Å². The second-order valence-electron chi connectivity index (χ2n) is 12.7. The molecular formula is C33H53N9O11. The van der Waals surface area contributed by atoms with Gasteiger partial charge in [0.1, 0.15) is 30.2 Å². The number of carbonyl (C=O) groups is 7. The topological polar surface area (TPSA) is 337 Å². The van der Waals surface area contributed by atoms with Gasteiger partial charge in [-0.15, -0.1) is 0 Å². The van der Waals surface area contributed by atoms with Gasteiger partial charge in [0, 0.05) is 32.0 Å². The highest BCUT2D eigenvalue weighted by Gasteiger charge is 2.34. The number of hydrogen-bond acceptors (Lipinski definition) is 13. The fraction of sp³-hybridized carbons (Fsp3) is 0.606. The Morgan fingerprint density at radius 1 is 0.887 bits per heavy atom. The van der Waals surface area contributed by atoms with Gasteiger partial charge in [-0.2, -0.15) is 0 Å². The Hall–Kier alpha value is -4.73. The number of aliphatic hydroxyl groups is 4. The maximum atomic E-state index is 13.4. The zero-order valence-corrected chi connectivity index (χ0v) is 29.6. The van der Waals surface area contributed by atoms with Crippen molar-refractivity contribution in [2.24, 2.45) is 11.5 Å². The normalized spacial score (nSPS) is 23.3. The number of rotatable bonds is 14. The number of carbonyl (C=O) groups excluding carboxylic acids is 7. The minimum atomic E-state index is -1.67. The molecule has 0 spiro atoms. The van der Waals surface area contributed by atoms with Crippen molar-refractivity contribution in [2.75, 3.05) is 32.9 Å². The molecule has 1 fully saturated rings. The van der Waals surface area contributed by atoms with Crippen LogP contribution in [0.4, 0.5) is 0 Å². The fourth-order valence-electron chi connectivity index (χ4n) is 5.22. The first-order valence-electron chi connectivity index (χ1n) is 17.3. The molecule has 0 aliphatic carbocycles. The van der Waals surface area contributed by atoms with Gasteiger partial charge in [0.2, 0.25) is 41.4 Å². The van der Waals surface area contributed by atoms with Gasteiger partial charge < -0.3 is 69.1 Å².